The Bertz CT molecular complexity index is 713. The quantitative estimate of drug-likeness (QED) is 0.739. The minimum atomic E-state index is -0.247. The third-order valence-electron chi connectivity index (χ3n) is 3.28. The number of amides is 1. The van der Waals surface area contributed by atoms with Crippen molar-refractivity contribution in [1.82, 2.24) is 10.2 Å². The number of hydrogen-bond acceptors (Lipinski definition) is 6. The standard InChI is InChI=1S/C17H21N3O3S/c1-4-5-6-16-19-20-17(24-16)18-15(21)10-8-12-7-9-13(22-2)14(11-12)23-3/h7-11H,4-6H2,1-3H3,(H,18,20,21)/b10-8+. The van der Waals surface area contributed by atoms with Gasteiger partial charge in [0.1, 0.15) is 5.01 Å². The number of ether oxygens (including phenoxy) is 2. The van der Waals surface area contributed by atoms with E-state index in [4.69, 9.17) is 9.47 Å². The Morgan fingerprint density at radius 2 is 2.04 bits per heavy atom. The van der Waals surface area contributed by atoms with Gasteiger partial charge in [0.05, 0.1) is 14.2 Å². The molecule has 0 spiro atoms. The molecule has 0 fully saturated rings. The molecule has 1 N–H and O–H groups in total. The molecular weight excluding hydrogens is 326 g/mol. The maximum atomic E-state index is 12.0. The lowest BCUT2D eigenvalue weighted by molar-refractivity contribution is -0.111. The second kappa shape index (κ2) is 9.02. The van der Waals surface area contributed by atoms with E-state index < -0.39 is 0 Å². The molecule has 1 heterocycles. The monoisotopic (exact) mass is 347 g/mol. The molecule has 1 amide bonds. The third-order valence-corrected chi connectivity index (χ3v) is 4.17. The van der Waals surface area contributed by atoms with E-state index in [0.717, 1.165) is 29.8 Å². The number of anilines is 1. The van der Waals surface area contributed by atoms with E-state index in [9.17, 15) is 4.79 Å². The number of nitrogens with one attached hydrogen (secondary N) is 1. The van der Waals surface area contributed by atoms with Gasteiger partial charge in [-0.3, -0.25) is 10.1 Å². The van der Waals surface area contributed by atoms with Crippen molar-refractivity contribution in [2.24, 2.45) is 0 Å². The molecule has 2 aromatic rings. The van der Waals surface area contributed by atoms with Crippen LogP contribution in [0.5, 0.6) is 11.5 Å². The van der Waals surface area contributed by atoms with E-state index in [2.05, 4.69) is 22.4 Å². The van der Waals surface area contributed by atoms with Crippen LogP contribution < -0.4 is 14.8 Å². The summed E-state index contributed by atoms with van der Waals surface area (Å²) in [5, 5.41) is 12.2. The van der Waals surface area contributed by atoms with Crippen LogP contribution in [0.25, 0.3) is 6.08 Å². The number of nitrogens with zero attached hydrogens (tertiary/aromatic N) is 2. The molecule has 0 saturated heterocycles. The molecular formula is C17H21N3O3S. The van der Waals surface area contributed by atoms with Gasteiger partial charge in [0.25, 0.3) is 0 Å². The summed E-state index contributed by atoms with van der Waals surface area (Å²) in [6.07, 6.45) is 6.23. The van der Waals surface area contributed by atoms with Crippen molar-refractivity contribution < 1.29 is 14.3 Å². The summed E-state index contributed by atoms with van der Waals surface area (Å²) in [6, 6.07) is 5.44. The Morgan fingerprint density at radius 3 is 2.75 bits per heavy atom. The first-order valence-electron chi connectivity index (χ1n) is 7.69. The maximum absolute atomic E-state index is 12.0. The molecule has 0 bridgehead atoms. The van der Waals surface area contributed by atoms with Crippen LogP contribution in [0.4, 0.5) is 5.13 Å². The number of carbonyl (C=O) groups is 1. The van der Waals surface area contributed by atoms with Crippen molar-refractivity contribution in [3.63, 3.8) is 0 Å². The fourth-order valence-corrected chi connectivity index (χ4v) is 2.79. The molecule has 24 heavy (non-hydrogen) atoms. The number of methoxy groups -OCH3 is 2. The Kier molecular flexibility index (Phi) is 6.74. The zero-order valence-corrected chi connectivity index (χ0v) is 14.9. The van der Waals surface area contributed by atoms with E-state index in [1.165, 1.54) is 17.4 Å². The molecule has 0 aliphatic rings. The van der Waals surface area contributed by atoms with Crippen molar-refractivity contribution >= 4 is 28.5 Å². The molecule has 0 aliphatic carbocycles. The predicted octanol–water partition coefficient (Wildman–Crippen LogP) is 3.55. The summed E-state index contributed by atoms with van der Waals surface area (Å²) in [6.45, 7) is 2.13. The van der Waals surface area contributed by atoms with E-state index in [-0.39, 0.29) is 5.91 Å². The normalized spacial score (nSPS) is 10.8. The third kappa shape index (κ3) is 5.06. The first-order chi connectivity index (χ1) is 11.7. The van der Waals surface area contributed by atoms with Gasteiger partial charge in [0, 0.05) is 12.5 Å². The van der Waals surface area contributed by atoms with Gasteiger partial charge in [-0.05, 0) is 30.2 Å². The van der Waals surface area contributed by atoms with Crippen LogP contribution in [-0.4, -0.2) is 30.3 Å². The van der Waals surface area contributed by atoms with Crippen molar-refractivity contribution in [2.75, 3.05) is 19.5 Å². The highest BCUT2D eigenvalue weighted by Gasteiger charge is 2.06. The molecule has 128 valence electrons. The van der Waals surface area contributed by atoms with E-state index in [1.807, 2.05) is 6.07 Å². The second-order valence-corrected chi connectivity index (χ2v) is 6.10. The van der Waals surface area contributed by atoms with Crippen molar-refractivity contribution in [3.05, 3.63) is 34.8 Å². The fourth-order valence-electron chi connectivity index (χ4n) is 2.01. The molecule has 0 aliphatic heterocycles. The smallest absolute Gasteiger partial charge is 0.250 e. The molecule has 1 aromatic carbocycles. The molecule has 6 nitrogen and oxygen atoms in total. The Morgan fingerprint density at radius 1 is 1.25 bits per heavy atom. The van der Waals surface area contributed by atoms with Gasteiger partial charge in [0.2, 0.25) is 11.0 Å². The average Bonchev–Trinajstić information content (AvgIpc) is 3.05. The van der Waals surface area contributed by atoms with Crippen molar-refractivity contribution in [3.8, 4) is 11.5 Å². The first kappa shape index (κ1) is 17.9. The molecule has 2 rings (SSSR count). The Balaban J connectivity index is 1.96. The summed E-state index contributed by atoms with van der Waals surface area (Å²) < 4.78 is 10.4. The van der Waals surface area contributed by atoms with Gasteiger partial charge >= 0.3 is 0 Å². The van der Waals surface area contributed by atoms with Crippen LogP contribution in [0, 0.1) is 0 Å². The summed E-state index contributed by atoms with van der Waals surface area (Å²) in [7, 11) is 3.15. The lowest BCUT2D eigenvalue weighted by Gasteiger charge is -2.07. The Labute approximate surface area is 145 Å². The van der Waals surface area contributed by atoms with Gasteiger partial charge in [-0.2, -0.15) is 0 Å². The number of hydrogen-bond donors (Lipinski definition) is 1. The Hall–Kier alpha value is -2.41. The van der Waals surface area contributed by atoms with Crippen LogP contribution >= 0.6 is 11.3 Å². The molecule has 0 saturated carbocycles. The highest BCUT2D eigenvalue weighted by molar-refractivity contribution is 7.15. The van der Waals surface area contributed by atoms with Crippen molar-refractivity contribution in [1.29, 1.82) is 0 Å². The van der Waals surface area contributed by atoms with Gasteiger partial charge < -0.3 is 9.47 Å². The minimum Gasteiger partial charge on any atom is -0.493 e. The number of aromatic nitrogens is 2. The lowest BCUT2D eigenvalue weighted by atomic mass is 10.2. The largest absolute Gasteiger partial charge is 0.493 e. The fraction of sp³-hybridized carbons (Fsp3) is 0.353. The van der Waals surface area contributed by atoms with E-state index in [0.29, 0.717) is 16.6 Å². The predicted molar refractivity (Wildman–Crippen MR) is 95.7 cm³/mol. The molecule has 0 unspecified atom stereocenters. The molecule has 0 radical (unpaired) electrons. The topological polar surface area (TPSA) is 73.3 Å². The summed E-state index contributed by atoms with van der Waals surface area (Å²) in [4.78, 5) is 12.0. The summed E-state index contributed by atoms with van der Waals surface area (Å²) in [5.41, 5.74) is 0.837. The number of carbonyl (C=O) groups excluding carboxylic acids is 1. The molecule has 7 heteroatoms. The second-order valence-electron chi connectivity index (χ2n) is 5.04. The summed E-state index contributed by atoms with van der Waals surface area (Å²) >= 11 is 1.41. The van der Waals surface area contributed by atoms with Crippen LogP contribution in [0.1, 0.15) is 30.3 Å². The highest BCUT2D eigenvalue weighted by atomic mass is 32.1. The minimum absolute atomic E-state index is 0.247. The van der Waals surface area contributed by atoms with Crippen LogP contribution in [0.2, 0.25) is 0 Å². The summed E-state index contributed by atoms with van der Waals surface area (Å²) in [5.74, 6) is 1.01. The SMILES string of the molecule is CCCCc1nnc(NC(=O)/C=C/c2ccc(OC)c(OC)c2)s1. The average molecular weight is 347 g/mol. The first-order valence-corrected chi connectivity index (χ1v) is 8.51. The lowest BCUT2D eigenvalue weighted by Crippen LogP contribution is -2.07. The van der Waals surface area contributed by atoms with Gasteiger partial charge in [-0.25, -0.2) is 0 Å². The van der Waals surface area contributed by atoms with Crippen LogP contribution in [0.3, 0.4) is 0 Å². The van der Waals surface area contributed by atoms with Gasteiger partial charge in [0.15, 0.2) is 11.5 Å². The van der Waals surface area contributed by atoms with Crippen molar-refractivity contribution in [2.45, 2.75) is 26.2 Å². The number of unbranched alkanes of at least 4 members (excludes halogenated alkanes) is 1. The number of rotatable bonds is 8. The van der Waals surface area contributed by atoms with Crippen LogP contribution in [0.15, 0.2) is 24.3 Å². The number of benzene rings is 1. The highest BCUT2D eigenvalue weighted by Crippen LogP contribution is 2.28. The molecule has 1 aromatic heterocycles. The zero-order chi connectivity index (χ0) is 17.4. The van der Waals surface area contributed by atoms with Crippen LogP contribution in [-0.2, 0) is 11.2 Å². The number of aryl methyl sites for hydroxylation is 1. The van der Waals surface area contributed by atoms with E-state index in [1.54, 1.807) is 32.4 Å². The van der Waals surface area contributed by atoms with Gasteiger partial charge in [-0.15, -0.1) is 10.2 Å². The van der Waals surface area contributed by atoms with E-state index >= 15 is 0 Å². The van der Waals surface area contributed by atoms with Gasteiger partial charge in [-0.1, -0.05) is 30.7 Å². The molecule has 0 atom stereocenters. The maximum Gasteiger partial charge on any atom is 0.250 e. The zero-order valence-electron chi connectivity index (χ0n) is 14.0.